The van der Waals surface area contributed by atoms with Gasteiger partial charge in [0.1, 0.15) is 0 Å². The van der Waals surface area contributed by atoms with Crippen molar-refractivity contribution in [2.24, 2.45) is 5.73 Å². The molecule has 2 heterocycles. The molecule has 0 saturated carbocycles. The van der Waals surface area contributed by atoms with Crippen LogP contribution in [0.1, 0.15) is 11.3 Å². The van der Waals surface area contributed by atoms with Gasteiger partial charge >= 0.3 is 0 Å². The maximum atomic E-state index is 5.60. The van der Waals surface area contributed by atoms with Crippen LogP contribution in [0.25, 0.3) is 10.9 Å². The molecule has 3 nitrogen and oxygen atoms in total. The minimum Gasteiger partial charge on any atom is -0.350 e. The Morgan fingerprint density at radius 2 is 2.05 bits per heavy atom. The number of benzene rings is 1. The third kappa shape index (κ3) is 2.80. The Labute approximate surface area is 116 Å². The van der Waals surface area contributed by atoms with Crippen LogP contribution in [0, 0.1) is 0 Å². The van der Waals surface area contributed by atoms with E-state index < -0.39 is 0 Å². The number of aromatic amines is 1. The van der Waals surface area contributed by atoms with Crippen LogP contribution in [-0.4, -0.2) is 9.97 Å². The van der Waals surface area contributed by atoms with Crippen LogP contribution >= 0.6 is 11.8 Å². The number of para-hydroxylation sites is 1. The molecule has 3 aromatic rings. The highest BCUT2D eigenvalue weighted by Crippen LogP contribution is 2.26. The fraction of sp³-hybridized carbons (Fsp3) is 0.133. The fourth-order valence-electron chi connectivity index (χ4n) is 2.02. The largest absolute Gasteiger partial charge is 0.350 e. The molecule has 0 radical (unpaired) electrons. The normalized spacial score (nSPS) is 11.0. The van der Waals surface area contributed by atoms with Gasteiger partial charge in [-0.3, -0.25) is 4.98 Å². The van der Waals surface area contributed by atoms with Crippen molar-refractivity contribution in [3.63, 3.8) is 0 Å². The Kier molecular flexibility index (Phi) is 3.53. The molecule has 4 heteroatoms. The zero-order valence-corrected chi connectivity index (χ0v) is 11.3. The molecule has 0 aliphatic heterocycles. The summed E-state index contributed by atoms with van der Waals surface area (Å²) in [5, 5.41) is 2.44. The summed E-state index contributed by atoms with van der Waals surface area (Å²) in [4.78, 5) is 7.62. The number of nitrogens with zero attached hydrogens (tertiary/aromatic N) is 1. The number of rotatable bonds is 4. The molecule has 96 valence electrons. The van der Waals surface area contributed by atoms with Gasteiger partial charge in [0.2, 0.25) is 0 Å². The highest BCUT2D eigenvalue weighted by molar-refractivity contribution is 7.98. The summed E-state index contributed by atoms with van der Waals surface area (Å²) >= 11 is 1.79. The number of fused-ring (bicyclic) bond motifs is 1. The van der Waals surface area contributed by atoms with Crippen molar-refractivity contribution in [3.05, 3.63) is 59.9 Å². The molecule has 0 spiro atoms. The first-order valence-corrected chi connectivity index (χ1v) is 7.18. The van der Waals surface area contributed by atoms with Crippen molar-refractivity contribution in [2.45, 2.75) is 17.3 Å². The summed E-state index contributed by atoms with van der Waals surface area (Å²) in [5.41, 5.74) is 8.97. The number of nitrogens with two attached hydrogens (primary N) is 1. The highest BCUT2D eigenvalue weighted by atomic mass is 32.2. The van der Waals surface area contributed by atoms with E-state index in [2.05, 4.69) is 40.3 Å². The van der Waals surface area contributed by atoms with Crippen molar-refractivity contribution in [1.29, 1.82) is 0 Å². The topological polar surface area (TPSA) is 54.7 Å². The van der Waals surface area contributed by atoms with Gasteiger partial charge in [0, 0.05) is 29.4 Å². The third-order valence-corrected chi connectivity index (χ3v) is 4.00. The lowest BCUT2D eigenvalue weighted by molar-refractivity contribution is 0.983. The Morgan fingerprint density at radius 1 is 1.16 bits per heavy atom. The van der Waals surface area contributed by atoms with Crippen molar-refractivity contribution in [1.82, 2.24) is 9.97 Å². The smallest absolute Gasteiger partial charge is 0.0735 e. The molecule has 0 unspecified atom stereocenters. The van der Waals surface area contributed by atoms with E-state index in [-0.39, 0.29) is 0 Å². The molecule has 0 amide bonds. The molecule has 0 fully saturated rings. The number of thioether (sulfide) groups is 1. The first-order chi connectivity index (χ1) is 9.35. The number of hydrogen-bond donors (Lipinski definition) is 2. The summed E-state index contributed by atoms with van der Waals surface area (Å²) in [6, 6.07) is 14.6. The van der Waals surface area contributed by atoms with Crippen LogP contribution in [-0.2, 0) is 12.3 Å². The highest BCUT2D eigenvalue weighted by Gasteiger charge is 2.02. The first-order valence-electron chi connectivity index (χ1n) is 6.19. The molecule has 0 bridgehead atoms. The molecule has 3 rings (SSSR count). The van der Waals surface area contributed by atoms with E-state index >= 15 is 0 Å². The second-order valence-electron chi connectivity index (χ2n) is 4.37. The van der Waals surface area contributed by atoms with Crippen LogP contribution < -0.4 is 5.73 Å². The molecule has 2 aromatic heterocycles. The van der Waals surface area contributed by atoms with Gasteiger partial charge in [-0.2, -0.15) is 0 Å². The van der Waals surface area contributed by atoms with E-state index in [4.69, 9.17) is 5.73 Å². The van der Waals surface area contributed by atoms with Crippen molar-refractivity contribution < 1.29 is 0 Å². The second kappa shape index (κ2) is 5.47. The van der Waals surface area contributed by atoms with Crippen LogP contribution in [0.4, 0.5) is 0 Å². The zero-order chi connectivity index (χ0) is 13.1. The van der Waals surface area contributed by atoms with E-state index in [0.717, 1.165) is 11.4 Å². The average molecular weight is 269 g/mol. The van der Waals surface area contributed by atoms with Gasteiger partial charge in [0.25, 0.3) is 0 Å². The zero-order valence-electron chi connectivity index (χ0n) is 10.5. The van der Waals surface area contributed by atoms with Gasteiger partial charge in [-0.05, 0) is 29.8 Å². The summed E-state index contributed by atoms with van der Waals surface area (Å²) < 4.78 is 0. The number of pyridine rings is 1. The summed E-state index contributed by atoms with van der Waals surface area (Å²) in [5.74, 6) is 0.919. The first kappa shape index (κ1) is 12.3. The molecule has 0 aliphatic carbocycles. The lowest BCUT2D eigenvalue weighted by Gasteiger charge is -2.01. The van der Waals surface area contributed by atoms with E-state index in [0.29, 0.717) is 6.54 Å². The average Bonchev–Trinajstić information content (AvgIpc) is 2.88. The summed E-state index contributed by atoms with van der Waals surface area (Å²) in [6.07, 6.45) is 1.82. The van der Waals surface area contributed by atoms with Crippen molar-refractivity contribution in [2.75, 3.05) is 0 Å². The molecule has 0 atom stereocenters. The predicted molar refractivity (Wildman–Crippen MR) is 80.0 cm³/mol. The predicted octanol–water partition coefficient (Wildman–Crippen LogP) is 3.31. The Hall–Kier alpha value is -1.78. The molecular weight excluding hydrogens is 254 g/mol. The lowest BCUT2D eigenvalue weighted by atomic mass is 10.2. The van der Waals surface area contributed by atoms with Crippen LogP contribution in [0.3, 0.4) is 0 Å². The number of hydrogen-bond acceptors (Lipinski definition) is 3. The number of aromatic nitrogens is 2. The van der Waals surface area contributed by atoms with Gasteiger partial charge in [0.15, 0.2) is 0 Å². The van der Waals surface area contributed by atoms with E-state index in [1.54, 1.807) is 11.8 Å². The Morgan fingerprint density at radius 3 is 2.89 bits per heavy atom. The molecule has 0 aliphatic rings. The standard InChI is InChI=1S/C15H15N3S/c16-9-13-7-11(5-6-17-13)10-19-15-8-12-3-1-2-4-14(12)18-15/h1-8,18H,9-10,16H2. The van der Waals surface area contributed by atoms with Gasteiger partial charge in [0.05, 0.1) is 10.7 Å². The Balaban J connectivity index is 1.74. The molecule has 3 N–H and O–H groups in total. The minimum absolute atomic E-state index is 0.491. The molecule has 1 aromatic carbocycles. The molecule has 0 saturated heterocycles. The molecule has 19 heavy (non-hydrogen) atoms. The fourth-order valence-corrected chi connectivity index (χ4v) is 2.91. The maximum absolute atomic E-state index is 5.60. The van der Waals surface area contributed by atoms with Gasteiger partial charge < -0.3 is 10.7 Å². The van der Waals surface area contributed by atoms with Gasteiger partial charge in [-0.15, -0.1) is 11.8 Å². The second-order valence-corrected chi connectivity index (χ2v) is 5.39. The summed E-state index contributed by atoms with van der Waals surface area (Å²) in [7, 11) is 0. The van der Waals surface area contributed by atoms with Crippen LogP contribution in [0.5, 0.6) is 0 Å². The SMILES string of the molecule is NCc1cc(CSc2cc3ccccc3[nH]2)ccn1. The summed E-state index contributed by atoms with van der Waals surface area (Å²) in [6.45, 7) is 0.491. The third-order valence-electron chi connectivity index (χ3n) is 2.99. The van der Waals surface area contributed by atoms with E-state index in [1.807, 2.05) is 18.3 Å². The van der Waals surface area contributed by atoms with E-state index in [9.17, 15) is 0 Å². The van der Waals surface area contributed by atoms with Crippen LogP contribution in [0.15, 0.2) is 53.7 Å². The number of nitrogens with one attached hydrogen (secondary N) is 1. The van der Waals surface area contributed by atoms with Crippen molar-refractivity contribution >= 4 is 22.7 Å². The molecular formula is C15H15N3S. The maximum Gasteiger partial charge on any atom is 0.0735 e. The minimum atomic E-state index is 0.491. The number of H-pyrrole nitrogens is 1. The van der Waals surface area contributed by atoms with E-state index in [1.165, 1.54) is 21.5 Å². The van der Waals surface area contributed by atoms with Gasteiger partial charge in [-0.25, -0.2) is 0 Å². The van der Waals surface area contributed by atoms with Crippen molar-refractivity contribution in [3.8, 4) is 0 Å². The van der Waals surface area contributed by atoms with Gasteiger partial charge in [-0.1, -0.05) is 18.2 Å². The lowest BCUT2D eigenvalue weighted by Crippen LogP contribution is -1.99. The Bertz CT molecular complexity index is 657. The quantitative estimate of drug-likeness (QED) is 0.714. The van der Waals surface area contributed by atoms with Crippen LogP contribution in [0.2, 0.25) is 0 Å². The monoisotopic (exact) mass is 269 g/mol.